The highest BCUT2D eigenvalue weighted by molar-refractivity contribution is 5.95. The summed E-state index contributed by atoms with van der Waals surface area (Å²) in [5.41, 5.74) is 0.00914. The van der Waals surface area contributed by atoms with Crippen molar-refractivity contribution in [1.82, 2.24) is 9.78 Å². The number of carboxylic acid groups (broad SMARTS) is 1. The molecule has 0 fully saturated rings. The number of nitrogens with zero attached hydrogens (tertiary/aromatic N) is 3. The standard InChI is InChI=1S/C13H13N3O5/c1-15-8-9(7-14-15)5-6-21-11-4-2-3-10(16(19)20)12(11)13(17)18/h2-4,7-8H,5-6H2,1H3,(H,17,18). The molecule has 1 aromatic heterocycles. The van der Waals surface area contributed by atoms with Crippen molar-refractivity contribution in [2.75, 3.05) is 6.61 Å². The molecule has 8 nitrogen and oxygen atoms in total. The second kappa shape index (κ2) is 6.04. The van der Waals surface area contributed by atoms with E-state index in [0.717, 1.165) is 11.6 Å². The van der Waals surface area contributed by atoms with E-state index in [1.54, 1.807) is 17.9 Å². The molecule has 0 amide bonds. The average molecular weight is 291 g/mol. The molecular weight excluding hydrogens is 278 g/mol. The van der Waals surface area contributed by atoms with E-state index in [1.807, 2.05) is 6.20 Å². The van der Waals surface area contributed by atoms with Gasteiger partial charge in [0.15, 0.2) is 5.56 Å². The molecule has 2 aromatic rings. The van der Waals surface area contributed by atoms with Gasteiger partial charge in [-0.25, -0.2) is 4.79 Å². The maximum atomic E-state index is 11.2. The summed E-state index contributed by atoms with van der Waals surface area (Å²) >= 11 is 0. The lowest BCUT2D eigenvalue weighted by molar-refractivity contribution is -0.385. The lowest BCUT2D eigenvalue weighted by Crippen LogP contribution is -2.08. The second-order valence-corrected chi connectivity index (χ2v) is 4.33. The molecule has 8 heteroatoms. The molecule has 0 radical (unpaired) electrons. The van der Waals surface area contributed by atoms with Gasteiger partial charge in [0, 0.05) is 25.7 Å². The Morgan fingerprint density at radius 3 is 2.86 bits per heavy atom. The number of nitro benzene ring substituents is 1. The van der Waals surface area contributed by atoms with Gasteiger partial charge in [-0.2, -0.15) is 5.10 Å². The molecule has 0 aliphatic carbocycles. The van der Waals surface area contributed by atoms with Crippen LogP contribution in [0.3, 0.4) is 0 Å². The lowest BCUT2D eigenvalue weighted by Gasteiger charge is -2.08. The van der Waals surface area contributed by atoms with Crippen molar-refractivity contribution in [3.63, 3.8) is 0 Å². The van der Waals surface area contributed by atoms with Gasteiger partial charge >= 0.3 is 5.97 Å². The third-order valence-corrected chi connectivity index (χ3v) is 2.82. The van der Waals surface area contributed by atoms with Gasteiger partial charge in [-0.15, -0.1) is 0 Å². The Balaban J connectivity index is 2.14. The van der Waals surface area contributed by atoms with Crippen LogP contribution in [0.4, 0.5) is 5.69 Å². The minimum absolute atomic E-state index is 0.0133. The number of carbonyl (C=O) groups is 1. The van der Waals surface area contributed by atoms with E-state index in [2.05, 4.69) is 5.10 Å². The molecule has 110 valence electrons. The Labute approximate surface area is 119 Å². The van der Waals surface area contributed by atoms with Crippen molar-refractivity contribution in [1.29, 1.82) is 0 Å². The van der Waals surface area contributed by atoms with Crippen LogP contribution in [0.1, 0.15) is 15.9 Å². The van der Waals surface area contributed by atoms with Crippen LogP contribution in [-0.2, 0) is 13.5 Å². The van der Waals surface area contributed by atoms with E-state index in [1.165, 1.54) is 12.1 Å². The first kappa shape index (κ1) is 14.5. The molecule has 0 atom stereocenters. The van der Waals surface area contributed by atoms with Crippen LogP contribution >= 0.6 is 0 Å². The molecule has 1 aromatic carbocycles. The first-order chi connectivity index (χ1) is 9.99. The second-order valence-electron chi connectivity index (χ2n) is 4.33. The zero-order valence-electron chi connectivity index (χ0n) is 11.2. The summed E-state index contributed by atoms with van der Waals surface area (Å²) in [4.78, 5) is 21.3. The number of nitro groups is 1. The molecule has 0 bridgehead atoms. The van der Waals surface area contributed by atoms with Gasteiger partial charge < -0.3 is 9.84 Å². The number of aryl methyl sites for hydroxylation is 1. The maximum Gasteiger partial charge on any atom is 0.346 e. The van der Waals surface area contributed by atoms with E-state index >= 15 is 0 Å². The molecule has 1 heterocycles. The highest BCUT2D eigenvalue weighted by Gasteiger charge is 2.24. The third-order valence-electron chi connectivity index (χ3n) is 2.82. The Hall–Kier alpha value is -2.90. The number of aromatic nitrogens is 2. The number of hydrogen-bond donors (Lipinski definition) is 1. The molecule has 0 saturated heterocycles. The number of hydrogen-bond acceptors (Lipinski definition) is 5. The Bertz CT molecular complexity index is 680. The molecule has 21 heavy (non-hydrogen) atoms. The van der Waals surface area contributed by atoms with E-state index in [9.17, 15) is 14.9 Å². The highest BCUT2D eigenvalue weighted by atomic mass is 16.6. The number of benzene rings is 1. The fraction of sp³-hybridized carbons (Fsp3) is 0.231. The van der Waals surface area contributed by atoms with Crippen molar-refractivity contribution >= 4 is 11.7 Å². The van der Waals surface area contributed by atoms with Gasteiger partial charge in [-0.1, -0.05) is 6.07 Å². The summed E-state index contributed by atoms with van der Waals surface area (Å²) in [6.07, 6.45) is 4.01. The number of ether oxygens (including phenoxy) is 1. The van der Waals surface area contributed by atoms with E-state index in [4.69, 9.17) is 9.84 Å². The van der Waals surface area contributed by atoms with Crippen LogP contribution in [0, 0.1) is 10.1 Å². The van der Waals surface area contributed by atoms with Gasteiger partial charge in [0.25, 0.3) is 5.69 Å². The molecule has 2 rings (SSSR count). The third kappa shape index (κ3) is 3.35. The highest BCUT2D eigenvalue weighted by Crippen LogP contribution is 2.28. The topological polar surface area (TPSA) is 107 Å². The number of carboxylic acids is 1. The quantitative estimate of drug-likeness (QED) is 0.640. The van der Waals surface area contributed by atoms with E-state index in [0.29, 0.717) is 6.42 Å². The van der Waals surface area contributed by atoms with Crippen molar-refractivity contribution < 1.29 is 19.6 Å². The van der Waals surface area contributed by atoms with Gasteiger partial charge in [-0.05, 0) is 11.6 Å². The number of rotatable bonds is 6. The molecule has 0 saturated carbocycles. The Morgan fingerprint density at radius 1 is 1.52 bits per heavy atom. The maximum absolute atomic E-state index is 11.2. The van der Waals surface area contributed by atoms with Crippen LogP contribution in [0.25, 0.3) is 0 Å². The zero-order chi connectivity index (χ0) is 15.4. The average Bonchev–Trinajstić information content (AvgIpc) is 2.83. The van der Waals surface area contributed by atoms with Crippen molar-refractivity contribution in [2.45, 2.75) is 6.42 Å². The first-order valence-electron chi connectivity index (χ1n) is 6.10. The SMILES string of the molecule is Cn1cc(CCOc2cccc([N+](=O)[O-])c2C(=O)O)cn1. The largest absolute Gasteiger partial charge is 0.492 e. The summed E-state index contributed by atoms with van der Waals surface area (Å²) in [7, 11) is 1.79. The smallest absolute Gasteiger partial charge is 0.346 e. The van der Waals surface area contributed by atoms with Crippen molar-refractivity contribution in [3.05, 3.63) is 51.8 Å². The van der Waals surface area contributed by atoms with Crippen molar-refractivity contribution in [3.8, 4) is 5.75 Å². The predicted octanol–water partition coefficient (Wildman–Crippen LogP) is 1.65. The Kier molecular flexibility index (Phi) is 4.17. The minimum atomic E-state index is -1.39. The van der Waals surface area contributed by atoms with Crippen LogP contribution in [0.2, 0.25) is 0 Å². The fourth-order valence-corrected chi connectivity index (χ4v) is 1.89. The van der Waals surface area contributed by atoms with E-state index < -0.39 is 22.1 Å². The molecular formula is C13H13N3O5. The molecule has 0 aliphatic rings. The van der Waals surface area contributed by atoms with Gasteiger partial charge in [-0.3, -0.25) is 14.8 Å². The predicted molar refractivity (Wildman–Crippen MR) is 72.5 cm³/mol. The minimum Gasteiger partial charge on any atom is -0.492 e. The molecule has 0 unspecified atom stereocenters. The zero-order valence-corrected chi connectivity index (χ0v) is 11.2. The van der Waals surface area contributed by atoms with Gasteiger partial charge in [0.1, 0.15) is 5.75 Å². The fourth-order valence-electron chi connectivity index (χ4n) is 1.89. The lowest BCUT2D eigenvalue weighted by atomic mass is 10.1. The van der Waals surface area contributed by atoms with Crippen molar-refractivity contribution in [2.24, 2.45) is 7.05 Å². The summed E-state index contributed by atoms with van der Waals surface area (Å²) < 4.78 is 7.02. The monoisotopic (exact) mass is 291 g/mol. The number of aromatic carboxylic acids is 1. The molecule has 0 spiro atoms. The summed E-state index contributed by atoms with van der Waals surface area (Å²) in [6.45, 7) is 0.202. The van der Waals surface area contributed by atoms with Crippen LogP contribution in [-0.4, -0.2) is 32.4 Å². The van der Waals surface area contributed by atoms with Crippen LogP contribution in [0.15, 0.2) is 30.6 Å². The van der Waals surface area contributed by atoms with Gasteiger partial charge in [0.05, 0.1) is 17.7 Å². The summed E-state index contributed by atoms with van der Waals surface area (Å²) in [5.74, 6) is -1.40. The normalized spacial score (nSPS) is 10.3. The summed E-state index contributed by atoms with van der Waals surface area (Å²) in [6, 6.07) is 3.93. The molecule has 0 aliphatic heterocycles. The van der Waals surface area contributed by atoms with Gasteiger partial charge in [0.2, 0.25) is 0 Å². The van der Waals surface area contributed by atoms with Crippen LogP contribution in [0.5, 0.6) is 5.75 Å². The molecule has 1 N–H and O–H groups in total. The van der Waals surface area contributed by atoms with Crippen LogP contribution < -0.4 is 4.74 Å². The van der Waals surface area contributed by atoms with E-state index in [-0.39, 0.29) is 12.4 Å². The summed E-state index contributed by atoms with van der Waals surface area (Å²) in [5, 5.41) is 24.0. The first-order valence-corrected chi connectivity index (χ1v) is 6.10. The Morgan fingerprint density at radius 2 is 2.29 bits per heavy atom.